The van der Waals surface area contributed by atoms with Crippen LogP contribution in [0.25, 0.3) is 0 Å². The van der Waals surface area contributed by atoms with E-state index in [1.807, 2.05) is 0 Å². The largest absolute Gasteiger partial charge is 0.436 e. The van der Waals surface area contributed by atoms with Gasteiger partial charge in [0.15, 0.2) is 5.89 Å². The van der Waals surface area contributed by atoms with Crippen LogP contribution in [-0.4, -0.2) is 17.4 Å². The first kappa shape index (κ1) is 11.3. The van der Waals surface area contributed by atoms with Crippen LogP contribution < -0.4 is 5.32 Å². The Hall–Kier alpha value is -1.76. The molecule has 4 heteroatoms. The van der Waals surface area contributed by atoms with E-state index in [1.54, 1.807) is 20.8 Å². The molecule has 0 atom stereocenters. The molecule has 1 aromatic heterocycles. The summed E-state index contributed by atoms with van der Waals surface area (Å²) in [5.41, 5.74) is 0.617. The van der Waals surface area contributed by atoms with E-state index in [9.17, 15) is 4.79 Å². The van der Waals surface area contributed by atoms with Crippen LogP contribution >= 0.6 is 0 Å². The summed E-state index contributed by atoms with van der Waals surface area (Å²) >= 11 is 0. The van der Waals surface area contributed by atoms with Crippen molar-refractivity contribution in [1.29, 1.82) is 0 Å². The molecule has 1 heterocycles. The Morgan fingerprint density at radius 2 is 2.27 bits per heavy atom. The number of rotatable bonds is 3. The van der Waals surface area contributed by atoms with Crippen LogP contribution in [0.5, 0.6) is 0 Å². The molecule has 0 radical (unpaired) electrons. The van der Waals surface area contributed by atoms with Crippen LogP contribution in [0.3, 0.4) is 0 Å². The summed E-state index contributed by atoms with van der Waals surface area (Å²) in [5, 5.41) is 2.71. The van der Waals surface area contributed by atoms with Gasteiger partial charge in [0.25, 0.3) is 5.91 Å². The minimum absolute atomic E-state index is 0.231. The lowest BCUT2D eigenvalue weighted by Gasteiger charge is -1.99. The molecule has 0 saturated heterocycles. The van der Waals surface area contributed by atoms with Crippen LogP contribution in [0.4, 0.5) is 0 Å². The summed E-state index contributed by atoms with van der Waals surface area (Å²) < 4.78 is 5.17. The van der Waals surface area contributed by atoms with E-state index >= 15 is 0 Å². The lowest BCUT2D eigenvalue weighted by atomic mass is 10.3. The Bertz CT molecular complexity index is 410. The van der Waals surface area contributed by atoms with Crippen LogP contribution in [0.2, 0.25) is 0 Å². The summed E-state index contributed by atoms with van der Waals surface area (Å²) in [4.78, 5) is 15.6. The number of nitrogens with zero attached hydrogens (tertiary/aromatic N) is 1. The molecule has 0 aliphatic rings. The molecule has 0 saturated carbocycles. The maximum atomic E-state index is 11.5. The van der Waals surface area contributed by atoms with Gasteiger partial charge in [0, 0.05) is 19.9 Å². The van der Waals surface area contributed by atoms with E-state index in [2.05, 4.69) is 22.1 Å². The zero-order valence-corrected chi connectivity index (χ0v) is 9.18. The SMILES string of the molecule is CC#CCCNC(=O)c1oc(C)nc1C. The first-order valence-electron chi connectivity index (χ1n) is 4.77. The second-order valence-electron chi connectivity index (χ2n) is 3.08. The Morgan fingerprint density at radius 1 is 1.53 bits per heavy atom. The molecule has 0 bridgehead atoms. The van der Waals surface area contributed by atoms with Crippen molar-refractivity contribution in [3.8, 4) is 11.8 Å². The van der Waals surface area contributed by atoms with Crippen molar-refractivity contribution < 1.29 is 9.21 Å². The van der Waals surface area contributed by atoms with E-state index < -0.39 is 0 Å². The number of hydrogen-bond acceptors (Lipinski definition) is 3. The Labute approximate surface area is 89.1 Å². The summed E-state index contributed by atoms with van der Waals surface area (Å²) in [6.45, 7) is 5.76. The Morgan fingerprint density at radius 3 is 2.80 bits per heavy atom. The maximum absolute atomic E-state index is 11.5. The predicted molar refractivity (Wildman–Crippen MR) is 56.4 cm³/mol. The smallest absolute Gasteiger partial charge is 0.289 e. The molecule has 0 aliphatic heterocycles. The van der Waals surface area contributed by atoms with E-state index in [-0.39, 0.29) is 11.7 Å². The van der Waals surface area contributed by atoms with Crippen molar-refractivity contribution in [3.63, 3.8) is 0 Å². The van der Waals surface area contributed by atoms with E-state index in [0.29, 0.717) is 24.6 Å². The van der Waals surface area contributed by atoms with Crippen molar-refractivity contribution in [2.24, 2.45) is 0 Å². The number of amides is 1. The lowest BCUT2D eigenvalue weighted by Crippen LogP contribution is -2.24. The van der Waals surface area contributed by atoms with Gasteiger partial charge in [0.2, 0.25) is 5.76 Å². The van der Waals surface area contributed by atoms with Crippen molar-refractivity contribution >= 4 is 5.91 Å². The maximum Gasteiger partial charge on any atom is 0.289 e. The lowest BCUT2D eigenvalue weighted by molar-refractivity contribution is 0.0924. The molecule has 0 unspecified atom stereocenters. The second kappa shape index (κ2) is 5.20. The molecular weight excluding hydrogens is 192 g/mol. The van der Waals surface area contributed by atoms with Crippen molar-refractivity contribution in [1.82, 2.24) is 10.3 Å². The molecule has 80 valence electrons. The quantitative estimate of drug-likeness (QED) is 0.601. The first-order chi connectivity index (χ1) is 7.15. The molecule has 1 aromatic rings. The fraction of sp³-hybridized carbons (Fsp3) is 0.455. The van der Waals surface area contributed by atoms with E-state index in [4.69, 9.17) is 4.42 Å². The number of aromatic nitrogens is 1. The highest BCUT2D eigenvalue weighted by Crippen LogP contribution is 2.08. The fourth-order valence-corrected chi connectivity index (χ4v) is 1.19. The normalized spacial score (nSPS) is 9.27. The molecule has 4 nitrogen and oxygen atoms in total. The Balaban J connectivity index is 2.52. The minimum atomic E-state index is -0.231. The van der Waals surface area contributed by atoms with Crippen LogP contribution in [0.1, 0.15) is 35.5 Å². The van der Waals surface area contributed by atoms with Gasteiger partial charge >= 0.3 is 0 Å². The third kappa shape index (κ3) is 3.13. The zero-order valence-electron chi connectivity index (χ0n) is 9.18. The monoisotopic (exact) mass is 206 g/mol. The van der Waals surface area contributed by atoms with Gasteiger partial charge in [0.1, 0.15) is 0 Å². The summed E-state index contributed by atoms with van der Waals surface area (Å²) in [5.74, 6) is 6.19. The first-order valence-corrected chi connectivity index (χ1v) is 4.77. The standard InChI is InChI=1S/C11H14N2O2/c1-4-5-6-7-12-11(14)10-8(2)13-9(3)15-10/h6-7H2,1-3H3,(H,12,14). The third-order valence-corrected chi connectivity index (χ3v) is 1.82. The molecule has 15 heavy (non-hydrogen) atoms. The molecule has 0 aliphatic carbocycles. The predicted octanol–water partition coefficient (Wildman–Crippen LogP) is 1.43. The Kier molecular flexibility index (Phi) is 3.92. The van der Waals surface area contributed by atoms with E-state index in [0.717, 1.165) is 0 Å². The van der Waals surface area contributed by atoms with Gasteiger partial charge in [-0.25, -0.2) is 4.98 Å². The van der Waals surface area contributed by atoms with Crippen LogP contribution in [0.15, 0.2) is 4.42 Å². The molecule has 0 fully saturated rings. The van der Waals surface area contributed by atoms with Gasteiger partial charge in [0.05, 0.1) is 5.69 Å². The van der Waals surface area contributed by atoms with Gasteiger partial charge < -0.3 is 9.73 Å². The molecule has 1 rings (SSSR count). The molecule has 1 amide bonds. The number of aryl methyl sites for hydroxylation is 2. The van der Waals surface area contributed by atoms with Crippen LogP contribution in [0, 0.1) is 25.7 Å². The fourth-order valence-electron chi connectivity index (χ4n) is 1.19. The molecule has 0 aromatic carbocycles. The molecular formula is C11H14N2O2. The second-order valence-corrected chi connectivity index (χ2v) is 3.08. The highest BCUT2D eigenvalue weighted by molar-refractivity contribution is 5.92. The van der Waals surface area contributed by atoms with Crippen molar-refractivity contribution in [2.75, 3.05) is 6.54 Å². The van der Waals surface area contributed by atoms with Gasteiger partial charge in [-0.3, -0.25) is 4.79 Å². The molecule has 0 spiro atoms. The topological polar surface area (TPSA) is 55.1 Å². The third-order valence-electron chi connectivity index (χ3n) is 1.82. The van der Waals surface area contributed by atoms with Gasteiger partial charge in [-0.2, -0.15) is 0 Å². The highest BCUT2D eigenvalue weighted by Gasteiger charge is 2.14. The van der Waals surface area contributed by atoms with Crippen molar-refractivity contribution in [2.45, 2.75) is 27.2 Å². The summed E-state index contributed by atoms with van der Waals surface area (Å²) in [6.07, 6.45) is 0.647. The number of nitrogens with one attached hydrogen (secondary N) is 1. The number of hydrogen-bond donors (Lipinski definition) is 1. The minimum Gasteiger partial charge on any atom is -0.436 e. The van der Waals surface area contributed by atoms with E-state index in [1.165, 1.54) is 0 Å². The highest BCUT2D eigenvalue weighted by atomic mass is 16.4. The summed E-state index contributed by atoms with van der Waals surface area (Å²) in [7, 11) is 0. The number of oxazole rings is 1. The van der Waals surface area contributed by atoms with Gasteiger partial charge in [-0.05, 0) is 13.8 Å². The summed E-state index contributed by atoms with van der Waals surface area (Å²) in [6, 6.07) is 0. The van der Waals surface area contributed by atoms with Crippen LogP contribution in [-0.2, 0) is 0 Å². The average Bonchev–Trinajstić information content (AvgIpc) is 2.52. The van der Waals surface area contributed by atoms with Gasteiger partial charge in [-0.15, -0.1) is 11.8 Å². The number of carbonyl (C=O) groups is 1. The number of carbonyl (C=O) groups excluding carboxylic acids is 1. The zero-order chi connectivity index (χ0) is 11.3. The van der Waals surface area contributed by atoms with Crippen molar-refractivity contribution in [3.05, 3.63) is 17.3 Å². The average molecular weight is 206 g/mol. The van der Waals surface area contributed by atoms with Gasteiger partial charge in [-0.1, -0.05) is 0 Å². The molecule has 1 N–H and O–H groups in total.